The molecule has 13 heteroatoms. The van der Waals surface area contributed by atoms with Crippen LogP contribution in [-0.4, -0.2) is 83.9 Å². The first-order valence-electron chi connectivity index (χ1n) is 12.7. The van der Waals surface area contributed by atoms with Gasteiger partial charge in [0.05, 0.1) is 38.7 Å². The molecule has 0 radical (unpaired) electrons. The van der Waals surface area contributed by atoms with E-state index in [4.69, 9.17) is 10.5 Å². The highest BCUT2D eigenvalue weighted by Gasteiger charge is 2.26. The van der Waals surface area contributed by atoms with Crippen LogP contribution in [0, 0.1) is 11.6 Å². The second-order valence-corrected chi connectivity index (χ2v) is 11.7. The van der Waals surface area contributed by atoms with Crippen molar-refractivity contribution in [2.24, 2.45) is 5.73 Å². The summed E-state index contributed by atoms with van der Waals surface area (Å²) < 4.78 is 59.8. The summed E-state index contributed by atoms with van der Waals surface area (Å²) in [4.78, 5) is 15.8. The number of sulfone groups is 1. The monoisotopic (exact) mass is 586 g/mol. The molecule has 4 aromatic rings. The molecule has 1 aromatic heterocycles. The number of nitrogens with one attached hydrogen (secondary N) is 2. The fourth-order valence-electron chi connectivity index (χ4n) is 4.46. The van der Waals surface area contributed by atoms with Crippen molar-refractivity contribution < 1.29 is 26.7 Å². The molecule has 41 heavy (non-hydrogen) atoms. The van der Waals surface area contributed by atoms with E-state index in [0.29, 0.717) is 59.3 Å². The molecule has 1 amide bonds. The summed E-state index contributed by atoms with van der Waals surface area (Å²) in [6.07, 6.45) is 0. The predicted molar refractivity (Wildman–Crippen MR) is 154 cm³/mol. The summed E-state index contributed by atoms with van der Waals surface area (Å²) in [5, 5.41) is 11.1. The number of methoxy groups -OCH3 is 1. The number of nitrogens with zero attached hydrogens (tertiary/aromatic N) is 3. The van der Waals surface area contributed by atoms with Gasteiger partial charge in [0.1, 0.15) is 17.3 Å². The number of amides is 1. The first kappa shape index (κ1) is 29.9. The molecule has 3 aromatic carbocycles. The maximum absolute atomic E-state index is 13.9. The van der Waals surface area contributed by atoms with Crippen LogP contribution < -0.4 is 16.0 Å². The SMILES string of the molecule is COCCNc1c(C(N)=O)ccc(N(C)CCN(C)C)c1-c1n[nH]c2ccc(S(=O)(=O)c3cc(F)cc(F)c3)cc12. The third-order valence-corrected chi connectivity index (χ3v) is 8.31. The summed E-state index contributed by atoms with van der Waals surface area (Å²) in [5.74, 6) is -2.67. The van der Waals surface area contributed by atoms with Crippen molar-refractivity contribution in [3.8, 4) is 11.3 Å². The largest absolute Gasteiger partial charge is 0.383 e. The second kappa shape index (κ2) is 12.2. The lowest BCUT2D eigenvalue weighted by atomic mass is 9.98. The summed E-state index contributed by atoms with van der Waals surface area (Å²) in [7, 11) is 3.07. The van der Waals surface area contributed by atoms with Crippen LogP contribution in [-0.2, 0) is 14.6 Å². The number of ether oxygens (including phenoxy) is 1. The third-order valence-electron chi connectivity index (χ3n) is 6.58. The summed E-state index contributed by atoms with van der Waals surface area (Å²) in [6, 6.07) is 9.80. The number of carbonyl (C=O) groups excluding carboxylic acids is 1. The fourth-order valence-corrected chi connectivity index (χ4v) is 5.79. The zero-order valence-corrected chi connectivity index (χ0v) is 24.0. The van der Waals surface area contributed by atoms with Gasteiger partial charge < -0.3 is 25.6 Å². The molecule has 10 nitrogen and oxygen atoms in total. The Morgan fingerprint density at radius 1 is 1.02 bits per heavy atom. The van der Waals surface area contributed by atoms with Crippen LogP contribution in [0.5, 0.6) is 0 Å². The number of aromatic amines is 1. The van der Waals surface area contributed by atoms with Crippen LogP contribution >= 0.6 is 0 Å². The smallest absolute Gasteiger partial charge is 0.250 e. The maximum Gasteiger partial charge on any atom is 0.250 e. The van der Waals surface area contributed by atoms with Gasteiger partial charge in [0.25, 0.3) is 5.91 Å². The number of anilines is 2. The highest BCUT2D eigenvalue weighted by Crippen LogP contribution is 2.42. The number of rotatable bonds is 12. The Morgan fingerprint density at radius 2 is 1.73 bits per heavy atom. The molecule has 0 aliphatic heterocycles. The van der Waals surface area contributed by atoms with Crippen LogP contribution in [0.3, 0.4) is 0 Å². The Kier molecular flexibility index (Phi) is 8.90. The van der Waals surface area contributed by atoms with Crippen molar-refractivity contribution in [2.45, 2.75) is 9.79 Å². The van der Waals surface area contributed by atoms with E-state index in [9.17, 15) is 22.0 Å². The van der Waals surface area contributed by atoms with E-state index in [2.05, 4.69) is 15.5 Å². The van der Waals surface area contributed by atoms with Crippen molar-refractivity contribution in [1.82, 2.24) is 15.1 Å². The number of primary amides is 1. The molecule has 0 aliphatic carbocycles. The molecule has 0 fully saturated rings. The lowest BCUT2D eigenvalue weighted by Gasteiger charge is -2.26. The van der Waals surface area contributed by atoms with Crippen LogP contribution in [0.25, 0.3) is 22.2 Å². The van der Waals surface area contributed by atoms with Crippen molar-refractivity contribution in [2.75, 3.05) is 64.7 Å². The molecule has 0 bridgehead atoms. The van der Waals surface area contributed by atoms with Gasteiger partial charge >= 0.3 is 0 Å². The normalized spacial score (nSPS) is 11.8. The number of aromatic nitrogens is 2. The predicted octanol–water partition coefficient (Wildman–Crippen LogP) is 3.50. The van der Waals surface area contributed by atoms with Gasteiger partial charge in [-0.05, 0) is 56.6 Å². The van der Waals surface area contributed by atoms with Crippen LogP contribution in [0.15, 0.2) is 58.3 Å². The van der Waals surface area contributed by atoms with Gasteiger partial charge in [-0.15, -0.1) is 0 Å². The van der Waals surface area contributed by atoms with E-state index in [1.54, 1.807) is 19.2 Å². The number of hydrogen-bond donors (Lipinski definition) is 3. The molecule has 0 unspecified atom stereocenters. The highest BCUT2D eigenvalue weighted by molar-refractivity contribution is 7.91. The standard InChI is InChI=1S/C28H32F2N6O4S/c1-35(2)10-11-36(3)24-8-6-21(28(31)37)26(32-9-12-40-4)25(24)27-22-16-19(5-7-23(22)33-34-27)41(38,39)20-14-17(29)13-18(30)15-20/h5-8,13-16,32H,9-12H2,1-4H3,(H2,31,37)(H,33,34). The Balaban J connectivity index is 1.96. The molecule has 4 rings (SSSR count). The highest BCUT2D eigenvalue weighted by atomic mass is 32.2. The molecule has 0 atom stereocenters. The minimum Gasteiger partial charge on any atom is -0.383 e. The lowest BCUT2D eigenvalue weighted by Crippen LogP contribution is -2.29. The van der Waals surface area contributed by atoms with E-state index < -0.39 is 32.3 Å². The maximum atomic E-state index is 13.9. The van der Waals surface area contributed by atoms with E-state index in [1.807, 2.05) is 30.9 Å². The number of hydrogen-bond acceptors (Lipinski definition) is 8. The summed E-state index contributed by atoms with van der Waals surface area (Å²) in [6.45, 7) is 2.04. The van der Waals surface area contributed by atoms with Gasteiger partial charge in [0.2, 0.25) is 9.84 Å². The van der Waals surface area contributed by atoms with Crippen LogP contribution in [0.4, 0.5) is 20.2 Å². The Bertz CT molecular complexity index is 1670. The average Bonchev–Trinajstić information content (AvgIpc) is 3.33. The lowest BCUT2D eigenvalue weighted by molar-refractivity contribution is 0.100. The Morgan fingerprint density at radius 3 is 2.37 bits per heavy atom. The molecule has 0 saturated heterocycles. The number of halogens is 2. The first-order valence-corrected chi connectivity index (χ1v) is 14.2. The number of benzene rings is 3. The zero-order chi connectivity index (χ0) is 29.9. The van der Waals surface area contributed by atoms with Crippen molar-refractivity contribution in [1.29, 1.82) is 0 Å². The van der Waals surface area contributed by atoms with E-state index in [1.165, 1.54) is 18.2 Å². The van der Waals surface area contributed by atoms with Crippen molar-refractivity contribution >= 4 is 38.0 Å². The first-order chi connectivity index (χ1) is 19.4. The van der Waals surface area contributed by atoms with Gasteiger partial charge in [-0.3, -0.25) is 9.89 Å². The van der Waals surface area contributed by atoms with E-state index in [0.717, 1.165) is 18.7 Å². The average molecular weight is 587 g/mol. The summed E-state index contributed by atoms with van der Waals surface area (Å²) >= 11 is 0. The van der Waals surface area contributed by atoms with Crippen molar-refractivity contribution in [3.63, 3.8) is 0 Å². The molecular weight excluding hydrogens is 554 g/mol. The number of likely N-dealkylation sites (N-methyl/N-ethyl adjacent to an activating group) is 2. The van der Waals surface area contributed by atoms with Gasteiger partial charge in [0.15, 0.2) is 0 Å². The fraction of sp³-hybridized carbons (Fsp3) is 0.286. The molecule has 4 N–H and O–H groups in total. The minimum absolute atomic E-state index is 0.180. The number of carbonyl (C=O) groups is 1. The topological polar surface area (TPSA) is 134 Å². The van der Waals surface area contributed by atoms with E-state index >= 15 is 0 Å². The molecule has 0 saturated carbocycles. The number of nitrogens with two attached hydrogens (primary N) is 1. The van der Waals surface area contributed by atoms with Crippen LogP contribution in [0.1, 0.15) is 10.4 Å². The third kappa shape index (κ3) is 6.32. The molecule has 1 heterocycles. The van der Waals surface area contributed by atoms with Gasteiger partial charge in [-0.1, -0.05) is 0 Å². The van der Waals surface area contributed by atoms with Crippen LogP contribution in [0.2, 0.25) is 0 Å². The van der Waals surface area contributed by atoms with Crippen molar-refractivity contribution in [3.05, 3.63) is 65.7 Å². The van der Waals surface area contributed by atoms with Gasteiger partial charge in [0, 0.05) is 50.9 Å². The van der Waals surface area contributed by atoms with Gasteiger partial charge in [-0.2, -0.15) is 5.10 Å². The molecule has 218 valence electrons. The summed E-state index contributed by atoms with van der Waals surface area (Å²) in [5.41, 5.74) is 8.49. The van der Waals surface area contributed by atoms with Gasteiger partial charge in [-0.25, -0.2) is 17.2 Å². The second-order valence-electron chi connectivity index (χ2n) is 9.78. The van der Waals surface area contributed by atoms with E-state index in [-0.39, 0.29) is 10.5 Å². The Hall–Kier alpha value is -4.07. The number of fused-ring (bicyclic) bond motifs is 1. The molecule has 0 spiro atoms. The number of H-pyrrole nitrogens is 1. The molecular formula is C28H32F2N6O4S. The molecule has 0 aliphatic rings. The zero-order valence-electron chi connectivity index (χ0n) is 23.2. The quantitative estimate of drug-likeness (QED) is 0.215. The minimum atomic E-state index is -4.29. The Labute approximate surface area is 237 Å².